The number of carbonyl (C=O) groups excluding carboxylic acids is 1. The number of amides is 1. The van der Waals surface area contributed by atoms with E-state index >= 15 is 0 Å². The first-order chi connectivity index (χ1) is 11.2. The van der Waals surface area contributed by atoms with Gasteiger partial charge in [-0.25, -0.2) is 4.79 Å². The highest BCUT2D eigenvalue weighted by Gasteiger charge is 2.38. The molecule has 5 heteroatoms. The van der Waals surface area contributed by atoms with Gasteiger partial charge in [0.2, 0.25) is 0 Å². The van der Waals surface area contributed by atoms with E-state index < -0.39 is 5.63 Å². The first kappa shape index (κ1) is 14.3. The van der Waals surface area contributed by atoms with Crippen molar-refractivity contribution in [3.05, 3.63) is 40.4 Å². The molecular formula is C18H19NO4. The Labute approximate surface area is 133 Å². The Morgan fingerprint density at radius 3 is 2.65 bits per heavy atom. The fourth-order valence-electron chi connectivity index (χ4n) is 3.96. The number of ether oxygens (including phenoxy) is 1. The van der Waals surface area contributed by atoms with Crippen molar-refractivity contribution in [1.82, 2.24) is 4.90 Å². The minimum absolute atomic E-state index is 0.121. The molecule has 1 amide bonds. The SMILES string of the molecule is COc1ccc2c(=O)oc(C(=O)N3CC4CCCC4C3)cc2c1. The second-order valence-electron chi connectivity index (χ2n) is 6.51. The Hall–Kier alpha value is -2.30. The highest BCUT2D eigenvalue weighted by atomic mass is 16.5. The Morgan fingerprint density at radius 1 is 1.22 bits per heavy atom. The van der Waals surface area contributed by atoms with Crippen LogP contribution in [0, 0.1) is 11.8 Å². The van der Waals surface area contributed by atoms with Gasteiger partial charge in [-0.15, -0.1) is 0 Å². The first-order valence-corrected chi connectivity index (χ1v) is 8.07. The zero-order valence-corrected chi connectivity index (χ0v) is 13.1. The van der Waals surface area contributed by atoms with Crippen LogP contribution in [0.3, 0.4) is 0 Å². The summed E-state index contributed by atoms with van der Waals surface area (Å²) in [6.07, 6.45) is 3.67. The Morgan fingerprint density at radius 2 is 1.96 bits per heavy atom. The summed E-state index contributed by atoms with van der Waals surface area (Å²) in [7, 11) is 1.57. The van der Waals surface area contributed by atoms with Gasteiger partial charge in [0.1, 0.15) is 5.75 Å². The van der Waals surface area contributed by atoms with Crippen LogP contribution in [-0.2, 0) is 0 Å². The van der Waals surface area contributed by atoms with Gasteiger partial charge in [0.05, 0.1) is 12.5 Å². The van der Waals surface area contributed by atoms with Crippen molar-refractivity contribution in [3.8, 4) is 5.75 Å². The molecule has 5 nitrogen and oxygen atoms in total. The third kappa shape index (κ3) is 2.40. The van der Waals surface area contributed by atoms with E-state index in [1.54, 1.807) is 31.4 Å². The molecule has 0 radical (unpaired) electrons. The maximum absolute atomic E-state index is 12.7. The number of hydrogen-bond acceptors (Lipinski definition) is 4. The number of methoxy groups -OCH3 is 1. The maximum Gasteiger partial charge on any atom is 0.344 e. The molecule has 0 bridgehead atoms. The predicted octanol–water partition coefficient (Wildman–Crippen LogP) is 2.67. The van der Waals surface area contributed by atoms with E-state index in [1.165, 1.54) is 19.3 Å². The number of likely N-dealkylation sites (tertiary alicyclic amines) is 1. The molecule has 2 aliphatic rings. The topological polar surface area (TPSA) is 59.8 Å². The second kappa shape index (κ2) is 5.41. The average molecular weight is 313 g/mol. The highest BCUT2D eigenvalue weighted by molar-refractivity contribution is 5.95. The largest absolute Gasteiger partial charge is 0.497 e. The summed E-state index contributed by atoms with van der Waals surface area (Å²) < 4.78 is 10.5. The van der Waals surface area contributed by atoms with Crippen LogP contribution in [0.5, 0.6) is 5.75 Å². The minimum atomic E-state index is -0.479. The van der Waals surface area contributed by atoms with Gasteiger partial charge < -0.3 is 14.1 Å². The van der Waals surface area contributed by atoms with Crippen molar-refractivity contribution in [1.29, 1.82) is 0 Å². The molecule has 1 aliphatic heterocycles. The molecule has 2 aromatic rings. The Kier molecular flexibility index (Phi) is 3.36. The van der Waals surface area contributed by atoms with E-state index in [0.29, 0.717) is 28.4 Å². The first-order valence-electron chi connectivity index (χ1n) is 8.07. The summed E-state index contributed by atoms with van der Waals surface area (Å²) in [4.78, 5) is 26.7. The fraction of sp³-hybridized carbons (Fsp3) is 0.444. The molecule has 1 saturated carbocycles. The van der Waals surface area contributed by atoms with Gasteiger partial charge in [-0.2, -0.15) is 0 Å². The molecule has 23 heavy (non-hydrogen) atoms. The predicted molar refractivity (Wildman–Crippen MR) is 85.8 cm³/mol. The smallest absolute Gasteiger partial charge is 0.344 e. The number of nitrogens with zero attached hydrogens (tertiary/aromatic N) is 1. The molecule has 4 rings (SSSR count). The fourth-order valence-corrected chi connectivity index (χ4v) is 3.96. The molecule has 2 fully saturated rings. The van der Waals surface area contributed by atoms with Gasteiger partial charge in [0.25, 0.3) is 5.91 Å². The molecule has 0 spiro atoms. The minimum Gasteiger partial charge on any atom is -0.497 e. The monoisotopic (exact) mass is 313 g/mol. The van der Waals surface area contributed by atoms with Gasteiger partial charge in [0.15, 0.2) is 5.76 Å². The van der Waals surface area contributed by atoms with Crippen LogP contribution in [0.25, 0.3) is 10.8 Å². The van der Waals surface area contributed by atoms with Crippen LogP contribution in [0.1, 0.15) is 29.8 Å². The van der Waals surface area contributed by atoms with Gasteiger partial charge >= 0.3 is 5.63 Å². The van der Waals surface area contributed by atoms with Crippen LogP contribution in [0.15, 0.2) is 33.5 Å². The maximum atomic E-state index is 12.7. The number of hydrogen-bond donors (Lipinski definition) is 0. The van der Waals surface area contributed by atoms with Crippen LogP contribution in [-0.4, -0.2) is 31.0 Å². The van der Waals surface area contributed by atoms with Crippen LogP contribution in [0.2, 0.25) is 0 Å². The zero-order valence-electron chi connectivity index (χ0n) is 13.1. The molecule has 1 aromatic carbocycles. The standard InChI is InChI=1S/C18H19NO4/c1-22-14-5-6-15-13(7-14)8-16(23-18(15)21)17(20)19-9-11-3-2-4-12(11)10-19/h5-8,11-12H,2-4,9-10H2,1H3. The Bertz CT molecular complexity index is 813. The molecule has 2 atom stereocenters. The van der Waals surface area contributed by atoms with Crippen molar-refractivity contribution in [3.63, 3.8) is 0 Å². The zero-order chi connectivity index (χ0) is 16.0. The highest BCUT2D eigenvalue weighted by Crippen LogP contribution is 2.38. The molecule has 1 aromatic heterocycles. The van der Waals surface area contributed by atoms with Crippen molar-refractivity contribution < 1.29 is 13.9 Å². The third-order valence-corrected chi connectivity index (χ3v) is 5.19. The van der Waals surface area contributed by atoms with Gasteiger partial charge in [-0.1, -0.05) is 6.42 Å². The molecule has 2 heterocycles. The average Bonchev–Trinajstić information content (AvgIpc) is 3.15. The van der Waals surface area contributed by atoms with Crippen LogP contribution >= 0.6 is 0 Å². The van der Waals surface area contributed by atoms with Crippen LogP contribution in [0.4, 0.5) is 0 Å². The lowest BCUT2D eigenvalue weighted by Gasteiger charge is -2.16. The number of fused-ring (bicyclic) bond motifs is 2. The van der Waals surface area contributed by atoms with Crippen molar-refractivity contribution in [2.75, 3.05) is 20.2 Å². The molecule has 1 saturated heterocycles. The Balaban J connectivity index is 1.68. The van der Waals surface area contributed by atoms with E-state index in [9.17, 15) is 9.59 Å². The second-order valence-corrected chi connectivity index (χ2v) is 6.51. The van der Waals surface area contributed by atoms with Crippen molar-refractivity contribution in [2.45, 2.75) is 19.3 Å². The molecule has 120 valence electrons. The lowest BCUT2D eigenvalue weighted by Crippen LogP contribution is -2.30. The third-order valence-electron chi connectivity index (χ3n) is 5.19. The lowest BCUT2D eigenvalue weighted by molar-refractivity contribution is 0.0744. The molecule has 1 aliphatic carbocycles. The summed E-state index contributed by atoms with van der Waals surface area (Å²) in [6, 6.07) is 6.77. The summed E-state index contributed by atoms with van der Waals surface area (Å²) in [5.41, 5.74) is -0.479. The van der Waals surface area contributed by atoms with E-state index in [0.717, 1.165) is 13.1 Å². The summed E-state index contributed by atoms with van der Waals surface area (Å²) in [5.74, 6) is 1.83. The normalized spacial score (nSPS) is 23.3. The van der Waals surface area contributed by atoms with Gasteiger partial charge in [-0.3, -0.25) is 4.79 Å². The van der Waals surface area contributed by atoms with Gasteiger partial charge in [-0.05, 0) is 54.3 Å². The lowest BCUT2D eigenvalue weighted by atomic mass is 10.0. The van der Waals surface area contributed by atoms with Crippen molar-refractivity contribution in [2.24, 2.45) is 11.8 Å². The quantitative estimate of drug-likeness (QED) is 0.855. The van der Waals surface area contributed by atoms with E-state index in [2.05, 4.69) is 0 Å². The van der Waals surface area contributed by atoms with Gasteiger partial charge in [0, 0.05) is 13.1 Å². The number of rotatable bonds is 2. The van der Waals surface area contributed by atoms with Crippen LogP contribution < -0.4 is 10.4 Å². The number of benzene rings is 1. The van der Waals surface area contributed by atoms with E-state index in [1.807, 2.05) is 4.90 Å². The van der Waals surface area contributed by atoms with E-state index in [-0.39, 0.29) is 11.7 Å². The molecular weight excluding hydrogens is 294 g/mol. The molecule has 2 unspecified atom stereocenters. The van der Waals surface area contributed by atoms with Crippen molar-refractivity contribution >= 4 is 16.7 Å². The summed E-state index contributed by atoms with van der Waals surface area (Å²) >= 11 is 0. The number of carbonyl (C=O) groups is 1. The molecule has 0 N–H and O–H groups in total. The summed E-state index contributed by atoms with van der Waals surface area (Å²) in [5, 5.41) is 1.13. The van der Waals surface area contributed by atoms with E-state index in [4.69, 9.17) is 9.15 Å². The summed E-state index contributed by atoms with van der Waals surface area (Å²) in [6.45, 7) is 1.56.